The highest BCUT2D eigenvalue weighted by Gasteiger charge is 2.27. The maximum Gasteiger partial charge on any atom is 0.216 e. The van der Waals surface area contributed by atoms with Crippen LogP contribution in [0, 0.1) is 0 Å². The second kappa shape index (κ2) is 5.25. The zero-order valence-electron chi connectivity index (χ0n) is 9.35. The summed E-state index contributed by atoms with van der Waals surface area (Å²) in [6.45, 7) is 2.84. The Balaban J connectivity index is 2.54. The van der Waals surface area contributed by atoms with Crippen LogP contribution in [-0.4, -0.2) is 50.8 Å². The Morgan fingerprint density at radius 1 is 1.47 bits per heavy atom. The van der Waals surface area contributed by atoms with Gasteiger partial charge in [0, 0.05) is 26.2 Å². The Bertz CT molecular complexity index is 284. The minimum Gasteiger partial charge on any atom is -0.381 e. The molecule has 90 valence electrons. The van der Waals surface area contributed by atoms with Crippen LogP contribution >= 0.6 is 0 Å². The molecule has 6 heteroatoms. The second-order valence-corrected chi connectivity index (χ2v) is 6.07. The molecule has 1 heterocycles. The highest BCUT2D eigenvalue weighted by Crippen LogP contribution is 2.14. The lowest BCUT2D eigenvalue weighted by Gasteiger charge is -2.29. The van der Waals surface area contributed by atoms with E-state index in [0.717, 1.165) is 12.8 Å². The van der Waals surface area contributed by atoms with E-state index >= 15 is 0 Å². The molecule has 15 heavy (non-hydrogen) atoms. The molecule has 0 aliphatic carbocycles. The van der Waals surface area contributed by atoms with Crippen LogP contribution in [0.2, 0.25) is 0 Å². The van der Waals surface area contributed by atoms with Crippen LogP contribution in [0.3, 0.4) is 0 Å². The Hall–Kier alpha value is -0.170. The zero-order valence-corrected chi connectivity index (χ0v) is 10.2. The Kier molecular flexibility index (Phi) is 4.51. The van der Waals surface area contributed by atoms with E-state index in [1.165, 1.54) is 11.4 Å². The largest absolute Gasteiger partial charge is 0.381 e. The number of nitrogens with zero attached hydrogens (tertiary/aromatic N) is 1. The predicted molar refractivity (Wildman–Crippen MR) is 59.0 cm³/mol. The first-order valence-corrected chi connectivity index (χ1v) is 6.83. The molecule has 1 fully saturated rings. The SMILES string of the molecule is COC(C)CS(=O)(=O)N1CCC(N)CC1. The molecule has 0 aromatic heterocycles. The zero-order chi connectivity index (χ0) is 11.5. The van der Waals surface area contributed by atoms with Gasteiger partial charge in [0.05, 0.1) is 11.9 Å². The average Bonchev–Trinajstić information content (AvgIpc) is 2.17. The number of hydrogen-bond acceptors (Lipinski definition) is 4. The number of methoxy groups -OCH3 is 1. The van der Waals surface area contributed by atoms with Gasteiger partial charge in [0.25, 0.3) is 0 Å². The normalized spacial score (nSPS) is 22.9. The smallest absolute Gasteiger partial charge is 0.216 e. The van der Waals surface area contributed by atoms with Gasteiger partial charge in [0.15, 0.2) is 0 Å². The second-order valence-electron chi connectivity index (χ2n) is 4.06. The van der Waals surface area contributed by atoms with E-state index in [1.54, 1.807) is 6.92 Å². The minimum atomic E-state index is -3.17. The molecule has 1 aliphatic rings. The van der Waals surface area contributed by atoms with E-state index in [4.69, 9.17) is 10.5 Å². The number of nitrogens with two attached hydrogens (primary N) is 1. The van der Waals surface area contributed by atoms with Crippen LogP contribution in [0.5, 0.6) is 0 Å². The standard InChI is InChI=1S/C9H20N2O3S/c1-8(14-2)7-15(12,13)11-5-3-9(10)4-6-11/h8-9H,3-7,10H2,1-2H3. The molecule has 5 nitrogen and oxygen atoms in total. The Labute approximate surface area is 91.6 Å². The maximum atomic E-state index is 11.9. The van der Waals surface area contributed by atoms with Crippen LogP contribution in [0.25, 0.3) is 0 Å². The van der Waals surface area contributed by atoms with Crippen molar-refractivity contribution < 1.29 is 13.2 Å². The van der Waals surface area contributed by atoms with E-state index < -0.39 is 10.0 Å². The van der Waals surface area contributed by atoms with Crippen molar-refractivity contribution in [3.8, 4) is 0 Å². The summed E-state index contributed by atoms with van der Waals surface area (Å²) in [5, 5.41) is 0. The average molecular weight is 236 g/mol. The topological polar surface area (TPSA) is 72.6 Å². The summed E-state index contributed by atoms with van der Waals surface area (Å²) in [6, 6.07) is 0.149. The summed E-state index contributed by atoms with van der Waals surface area (Å²) < 4.78 is 30.2. The first kappa shape index (κ1) is 12.9. The molecular weight excluding hydrogens is 216 g/mol. The summed E-state index contributed by atoms with van der Waals surface area (Å²) in [7, 11) is -1.65. The maximum absolute atomic E-state index is 11.9. The molecule has 0 aromatic carbocycles. The predicted octanol–water partition coefficient (Wildman–Crippen LogP) is -0.226. The molecule has 0 spiro atoms. The van der Waals surface area contributed by atoms with Gasteiger partial charge in [-0.1, -0.05) is 0 Å². The minimum absolute atomic E-state index is 0.0543. The van der Waals surface area contributed by atoms with Gasteiger partial charge in [0.2, 0.25) is 10.0 Å². The molecule has 0 saturated carbocycles. The number of ether oxygens (including phenoxy) is 1. The van der Waals surface area contributed by atoms with Crippen molar-refractivity contribution >= 4 is 10.0 Å². The quantitative estimate of drug-likeness (QED) is 0.732. The fourth-order valence-electron chi connectivity index (χ4n) is 1.62. The van der Waals surface area contributed by atoms with Gasteiger partial charge in [0.1, 0.15) is 0 Å². The molecule has 0 aromatic rings. The van der Waals surface area contributed by atoms with E-state index in [1.807, 2.05) is 0 Å². The lowest BCUT2D eigenvalue weighted by Crippen LogP contribution is -2.45. The number of rotatable bonds is 4. The molecule has 0 radical (unpaired) electrons. The van der Waals surface area contributed by atoms with Crippen molar-refractivity contribution in [1.82, 2.24) is 4.31 Å². The summed E-state index contributed by atoms with van der Waals surface area (Å²) >= 11 is 0. The first-order chi connectivity index (χ1) is 6.95. The van der Waals surface area contributed by atoms with Gasteiger partial charge in [-0.3, -0.25) is 0 Å². The lowest BCUT2D eigenvalue weighted by molar-refractivity contribution is 0.134. The molecule has 1 rings (SSSR count). The fourth-order valence-corrected chi connectivity index (χ4v) is 3.33. The molecule has 1 unspecified atom stereocenters. The van der Waals surface area contributed by atoms with Crippen LogP contribution in [0.4, 0.5) is 0 Å². The van der Waals surface area contributed by atoms with Crippen LogP contribution in [0.1, 0.15) is 19.8 Å². The number of sulfonamides is 1. The first-order valence-electron chi connectivity index (χ1n) is 5.22. The van der Waals surface area contributed by atoms with E-state index in [2.05, 4.69) is 0 Å². The Morgan fingerprint density at radius 3 is 2.47 bits per heavy atom. The van der Waals surface area contributed by atoms with Crippen molar-refractivity contribution in [2.24, 2.45) is 5.73 Å². The van der Waals surface area contributed by atoms with Crippen molar-refractivity contribution in [3.63, 3.8) is 0 Å². The lowest BCUT2D eigenvalue weighted by atomic mass is 10.1. The van der Waals surface area contributed by atoms with Crippen molar-refractivity contribution in [3.05, 3.63) is 0 Å². The van der Waals surface area contributed by atoms with Crippen LogP contribution in [0.15, 0.2) is 0 Å². The molecule has 1 atom stereocenters. The fraction of sp³-hybridized carbons (Fsp3) is 1.00. The van der Waals surface area contributed by atoms with Crippen molar-refractivity contribution in [1.29, 1.82) is 0 Å². The van der Waals surface area contributed by atoms with Gasteiger partial charge < -0.3 is 10.5 Å². The number of hydrogen-bond donors (Lipinski definition) is 1. The molecule has 1 saturated heterocycles. The van der Waals surface area contributed by atoms with E-state index in [-0.39, 0.29) is 17.9 Å². The van der Waals surface area contributed by atoms with Gasteiger partial charge in [-0.2, -0.15) is 0 Å². The van der Waals surface area contributed by atoms with Gasteiger partial charge >= 0.3 is 0 Å². The highest BCUT2D eigenvalue weighted by atomic mass is 32.2. The van der Waals surface area contributed by atoms with Crippen LogP contribution in [-0.2, 0) is 14.8 Å². The monoisotopic (exact) mass is 236 g/mol. The van der Waals surface area contributed by atoms with Crippen molar-refractivity contribution in [2.75, 3.05) is 26.0 Å². The summed E-state index contributed by atoms with van der Waals surface area (Å²) in [5.41, 5.74) is 5.72. The van der Waals surface area contributed by atoms with Crippen LogP contribution < -0.4 is 5.73 Å². The van der Waals surface area contributed by atoms with Gasteiger partial charge in [-0.25, -0.2) is 12.7 Å². The third-order valence-corrected chi connectivity index (χ3v) is 4.78. The Morgan fingerprint density at radius 2 is 2.00 bits per heavy atom. The summed E-state index contributed by atoms with van der Waals surface area (Å²) in [4.78, 5) is 0. The van der Waals surface area contributed by atoms with Gasteiger partial charge in [-0.05, 0) is 19.8 Å². The third kappa shape index (κ3) is 3.71. The molecule has 0 amide bonds. The highest BCUT2D eigenvalue weighted by molar-refractivity contribution is 7.89. The van der Waals surface area contributed by atoms with Crippen molar-refractivity contribution in [2.45, 2.75) is 31.9 Å². The number of piperidine rings is 1. The molecular formula is C9H20N2O3S. The molecule has 0 bridgehead atoms. The van der Waals surface area contributed by atoms with E-state index in [9.17, 15) is 8.42 Å². The summed E-state index contributed by atoms with van der Waals surface area (Å²) in [6.07, 6.45) is 1.24. The molecule has 1 aliphatic heterocycles. The summed E-state index contributed by atoms with van der Waals surface area (Å²) in [5.74, 6) is 0.0543. The van der Waals surface area contributed by atoms with Gasteiger partial charge in [-0.15, -0.1) is 0 Å². The third-order valence-electron chi connectivity index (χ3n) is 2.74. The molecule has 2 N–H and O–H groups in total. The van der Waals surface area contributed by atoms with E-state index in [0.29, 0.717) is 13.1 Å².